The number of hydrogen-bond acceptors (Lipinski definition) is 5. The third-order valence-electron chi connectivity index (χ3n) is 5.75. The van der Waals surface area contributed by atoms with E-state index in [0.717, 1.165) is 44.3 Å². The lowest BCUT2D eigenvalue weighted by atomic mass is 10.00. The van der Waals surface area contributed by atoms with Crippen LogP contribution in [0.2, 0.25) is 0 Å². The summed E-state index contributed by atoms with van der Waals surface area (Å²) in [5.74, 6) is 0.710. The number of nitrogens with zero attached hydrogens (tertiary/aromatic N) is 2. The van der Waals surface area contributed by atoms with Gasteiger partial charge in [0.2, 0.25) is 10.0 Å². The molecule has 1 aromatic rings. The Morgan fingerprint density at radius 1 is 1.00 bits per heavy atom. The molecule has 0 saturated carbocycles. The molecule has 2 aliphatic rings. The Hall–Kier alpha value is -1.15. The molecular weight excluding hydrogens is 352 g/mol. The number of hydrogen-bond donors (Lipinski definition) is 0. The smallest absolute Gasteiger partial charge is 0.243 e. The molecule has 6 nitrogen and oxygen atoms in total. The van der Waals surface area contributed by atoms with Gasteiger partial charge in [0.15, 0.2) is 0 Å². The Morgan fingerprint density at radius 2 is 1.65 bits per heavy atom. The third-order valence-corrected chi connectivity index (χ3v) is 7.65. The van der Waals surface area contributed by atoms with Crippen molar-refractivity contribution in [1.82, 2.24) is 9.21 Å². The quantitative estimate of drug-likeness (QED) is 0.782. The predicted molar refractivity (Wildman–Crippen MR) is 101 cm³/mol. The van der Waals surface area contributed by atoms with Gasteiger partial charge >= 0.3 is 0 Å². The van der Waals surface area contributed by atoms with Crippen LogP contribution >= 0.6 is 0 Å². The van der Waals surface area contributed by atoms with Crippen LogP contribution in [0.5, 0.6) is 5.75 Å². The number of benzene rings is 1. The fraction of sp³-hybridized carbons (Fsp3) is 0.684. The van der Waals surface area contributed by atoms with E-state index in [1.165, 1.54) is 0 Å². The Bertz CT molecular complexity index is 706. The molecule has 2 heterocycles. The van der Waals surface area contributed by atoms with Gasteiger partial charge in [-0.25, -0.2) is 8.42 Å². The van der Waals surface area contributed by atoms with Gasteiger partial charge in [-0.1, -0.05) is 0 Å². The average molecular weight is 383 g/mol. The highest BCUT2D eigenvalue weighted by molar-refractivity contribution is 7.89. The fourth-order valence-corrected chi connectivity index (χ4v) is 5.64. The molecule has 0 atom stereocenters. The molecule has 2 fully saturated rings. The van der Waals surface area contributed by atoms with Gasteiger partial charge in [-0.15, -0.1) is 0 Å². The van der Waals surface area contributed by atoms with Crippen LogP contribution in [-0.2, 0) is 14.8 Å². The molecule has 0 N–H and O–H groups in total. The van der Waals surface area contributed by atoms with E-state index >= 15 is 0 Å². The summed E-state index contributed by atoms with van der Waals surface area (Å²) in [5, 5.41) is 0. The Labute approximate surface area is 157 Å². The van der Waals surface area contributed by atoms with Crippen molar-refractivity contribution in [3.05, 3.63) is 23.8 Å². The summed E-state index contributed by atoms with van der Waals surface area (Å²) >= 11 is 0. The molecule has 2 saturated heterocycles. The summed E-state index contributed by atoms with van der Waals surface area (Å²) < 4.78 is 38.2. The SMILES string of the molecule is COc1ccc(S(=O)(=O)N2CCC(N3CCC(OC)CC3)CC2)cc1C. The lowest BCUT2D eigenvalue weighted by Gasteiger charge is -2.41. The van der Waals surface area contributed by atoms with Gasteiger partial charge in [0.05, 0.1) is 18.1 Å². The second-order valence-corrected chi connectivity index (χ2v) is 9.18. The van der Waals surface area contributed by atoms with Crippen molar-refractivity contribution in [1.29, 1.82) is 0 Å². The van der Waals surface area contributed by atoms with Gasteiger partial charge in [0.25, 0.3) is 0 Å². The van der Waals surface area contributed by atoms with E-state index in [-0.39, 0.29) is 0 Å². The maximum Gasteiger partial charge on any atom is 0.243 e. The lowest BCUT2D eigenvalue weighted by molar-refractivity contribution is 0.0190. The summed E-state index contributed by atoms with van der Waals surface area (Å²) in [5.41, 5.74) is 0.837. The minimum Gasteiger partial charge on any atom is -0.496 e. The first-order chi connectivity index (χ1) is 12.5. The first-order valence-corrected chi connectivity index (χ1v) is 10.8. The van der Waals surface area contributed by atoms with Crippen LogP contribution in [0.4, 0.5) is 0 Å². The Balaban J connectivity index is 1.61. The van der Waals surface area contributed by atoms with E-state index in [0.29, 0.717) is 35.9 Å². The highest BCUT2D eigenvalue weighted by Crippen LogP contribution is 2.28. The Kier molecular flexibility index (Phi) is 6.22. The molecule has 0 bridgehead atoms. The molecule has 146 valence electrons. The number of rotatable bonds is 5. The first kappa shape index (κ1) is 19.6. The van der Waals surface area contributed by atoms with Crippen LogP contribution in [-0.4, -0.2) is 70.2 Å². The zero-order valence-corrected chi connectivity index (χ0v) is 16.8. The van der Waals surface area contributed by atoms with E-state index in [1.807, 2.05) is 6.92 Å². The third kappa shape index (κ3) is 4.06. The van der Waals surface area contributed by atoms with Crippen molar-refractivity contribution in [2.75, 3.05) is 40.4 Å². The highest BCUT2D eigenvalue weighted by atomic mass is 32.2. The molecule has 0 aliphatic carbocycles. The molecule has 1 aromatic carbocycles. The van der Waals surface area contributed by atoms with Gasteiger partial charge in [-0.3, -0.25) is 0 Å². The zero-order valence-electron chi connectivity index (χ0n) is 16.0. The number of aryl methyl sites for hydroxylation is 1. The van der Waals surface area contributed by atoms with Crippen molar-refractivity contribution >= 4 is 10.0 Å². The average Bonchev–Trinajstić information content (AvgIpc) is 2.68. The summed E-state index contributed by atoms with van der Waals surface area (Å²) in [4.78, 5) is 2.87. The van der Waals surface area contributed by atoms with E-state index in [1.54, 1.807) is 36.7 Å². The summed E-state index contributed by atoms with van der Waals surface area (Å²) in [7, 11) is -0.0609. The van der Waals surface area contributed by atoms with Crippen LogP contribution in [0, 0.1) is 6.92 Å². The number of methoxy groups -OCH3 is 2. The van der Waals surface area contributed by atoms with Gasteiger partial charge < -0.3 is 14.4 Å². The first-order valence-electron chi connectivity index (χ1n) is 9.37. The van der Waals surface area contributed by atoms with Crippen molar-refractivity contribution in [2.45, 2.75) is 49.6 Å². The molecule has 26 heavy (non-hydrogen) atoms. The standard InChI is InChI=1S/C19H30N2O4S/c1-15-14-18(4-5-19(15)25-3)26(22,23)21-12-6-16(7-13-21)20-10-8-17(24-2)9-11-20/h4-5,14,16-17H,6-13H2,1-3H3. The summed E-state index contributed by atoms with van der Waals surface area (Å²) in [6.07, 6.45) is 4.31. The molecule has 3 rings (SSSR count). The number of sulfonamides is 1. The fourth-order valence-electron chi connectivity index (χ4n) is 4.08. The van der Waals surface area contributed by atoms with Crippen molar-refractivity contribution in [2.24, 2.45) is 0 Å². The highest BCUT2D eigenvalue weighted by Gasteiger charge is 2.33. The van der Waals surface area contributed by atoms with Crippen LogP contribution < -0.4 is 4.74 Å². The molecule has 0 unspecified atom stereocenters. The normalized spacial score (nSPS) is 21.8. The minimum atomic E-state index is -3.44. The van der Waals surface area contributed by atoms with E-state index in [9.17, 15) is 8.42 Å². The van der Waals surface area contributed by atoms with E-state index in [2.05, 4.69) is 4.90 Å². The molecule has 0 amide bonds. The zero-order chi connectivity index (χ0) is 18.7. The van der Waals surface area contributed by atoms with Crippen LogP contribution in [0.3, 0.4) is 0 Å². The number of likely N-dealkylation sites (tertiary alicyclic amines) is 1. The predicted octanol–water partition coefficient (Wildman–Crippen LogP) is 2.27. The molecule has 2 aliphatic heterocycles. The maximum atomic E-state index is 13.0. The number of piperidine rings is 2. The molecular formula is C19H30N2O4S. The van der Waals surface area contributed by atoms with Gasteiger partial charge in [0, 0.05) is 39.3 Å². The Morgan fingerprint density at radius 3 is 2.19 bits per heavy atom. The van der Waals surface area contributed by atoms with E-state index in [4.69, 9.17) is 9.47 Å². The summed E-state index contributed by atoms with van der Waals surface area (Å²) in [6, 6.07) is 5.56. The minimum absolute atomic E-state index is 0.357. The van der Waals surface area contributed by atoms with Gasteiger partial charge in [0.1, 0.15) is 5.75 Å². The van der Waals surface area contributed by atoms with Gasteiger partial charge in [-0.2, -0.15) is 4.31 Å². The van der Waals surface area contributed by atoms with Crippen molar-refractivity contribution in [3.8, 4) is 5.75 Å². The van der Waals surface area contributed by atoms with Crippen LogP contribution in [0.25, 0.3) is 0 Å². The van der Waals surface area contributed by atoms with Gasteiger partial charge in [-0.05, 0) is 56.4 Å². The number of ether oxygens (including phenoxy) is 2. The molecule has 0 spiro atoms. The monoisotopic (exact) mass is 382 g/mol. The molecule has 7 heteroatoms. The van der Waals surface area contributed by atoms with E-state index < -0.39 is 10.0 Å². The second kappa shape index (κ2) is 8.25. The topological polar surface area (TPSA) is 59.1 Å². The van der Waals surface area contributed by atoms with Crippen molar-refractivity contribution in [3.63, 3.8) is 0 Å². The van der Waals surface area contributed by atoms with Crippen molar-refractivity contribution < 1.29 is 17.9 Å². The lowest BCUT2D eigenvalue weighted by Crippen LogP contribution is -2.49. The molecule has 0 aromatic heterocycles. The van der Waals surface area contributed by atoms with Crippen LogP contribution in [0.1, 0.15) is 31.2 Å². The second-order valence-electron chi connectivity index (χ2n) is 7.24. The summed E-state index contributed by atoms with van der Waals surface area (Å²) in [6.45, 7) is 5.14. The van der Waals surface area contributed by atoms with Crippen LogP contribution in [0.15, 0.2) is 23.1 Å². The largest absolute Gasteiger partial charge is 0.496 e. The maximum absolute atomic E-state index is 13.0. The molecule has 0 radical (unpaired) electrons.